The van der Waals surface area contributed by atoms with Crippen LogP contribution in [-0.2, 0) is 19.5 Å². The predicted octanol–water partition coefficient (Wildman–Crippen LogP) is 3.73. The molecule has 5 rings (SSSR count). The molecular weight excluding hydrogens is 412 g/mol. The molecule has 0 aliphatic carbocycles. The highest BCUT2D eigenvalue weighted by Crippen LogP contribution is 2.23. The van der Waals surface area contributed by atoms with Gasteiger partial charge in [-0.2, -0.15) is 0 Å². The van der Waals surface area contributed by atoms with E-state index in [2.05, 4.69) is 24.8 Å². The summed E-state index contributed by atoms with van der Waals surface area (Å²) in [6.07, 6.45) is 5.66. The van der Waals surface area contributed by atoms with Gasteiger partial charge in [-0.15, -0.1) is 0 Å². The molecule has 0 spiro atoms. The van der Waals surface area contributed by atoms with E-state index in [1.54, 1.807) is 30.7 Å². The van der Waals surface area contributed by atoms with E-state index in [-0.39, 0.29) is 11.1 Å². The Bertz CT molecular complexity index is 1320. The number of hydrogen-bond acceptors (Lipinski definition) is 5. The minimum absolute atomic E-state index is 0.130. The molecule has 0 fully saturated rings. The number of hydrogen-bond donors (Lipinski definition) is 1. The number of pyridine rings is 2. The lowest BCUT2D eigenvalue weighted by Gasteiger charge is -2.27. The molecule has 0 saturated carbocycles. The van der Waals surface area contributed by atoms with E-state index in [4.69, 9.17) is 0 Å². The number of rotatable bonds is 4. The van der Waals surface area contributed by atoms with Crippen LogP contribution in [0.15, 0.2) is 65.8 Å². The highest BCUT2D eigenvalue weighted by molar-refractivity contribution is 5.60. The summed E-state index contributed by atoms with van der Waals surface area (Å²) in [6, 6.07) is 10.5. The first-order valence-electron chi connectivity index (χ1n) is 10.2. The van der Waals surface area contributed by atoms with Gasteiger partial charge >= 0.3 is 0 Å². The molecule has 1 N–H and O–H groups in total. The Balaban J connectivity index is 1.32. The van der Waals surface area contributed by atoms with E-state index in [1.807, 2.05) is 12.1 Å². The van der Waals surface area contributed by atoms with Gasteiger partial charge in [0.1, 0.15) is 17.5 Å². The van der Waals surface area contributed by atoms with E-state index < -0.39 is 11.6 Å². The van der Waals surface area contributed by atoms with E-state index in [0.29, 0.717) is 36.6 Å². The van der Waals surface area contributed by atoms with Crippen molar-refractivity contribution in [2.24, 2.45) is 0 Å². The molecule has 0 radical (unpaired) electrons. The number of fused-ring (bicyclic) bond motifs is 1. The summed E-state index contributed by atoms with van der Waals surface area (Å²) in [5, 5.41) is 0. The molecule has 1 aliphatic rings. The van der Waals surface area contributed by atoms with Crippen LogP contribution in [0, 0.1) is 11.6 Å². The maximum absolute atomic E-state index is 14.0. The molecule has 8 heteroatoms. The van der Waals surface area contributed by atoms with Crippen molar-refractivity contribution in [2.45, 2.75) is 19.5 Å². The normalized spacial score (nSPS) is 13.7. The summed E-state index contributed by atoms with van der Waals surface area (Å²) in [4.78, 5) is 30.7. The van der Waals surface area contributed by atoms with Crippen molar-refractivity contribution in [2.75, 3.05) is 6.54 Å². The molecule has 0 unspecified atom stereocenters. The Morgan fingerprint density at radius 2 is 2.00 bits per heavy atom. The van der Waals surface area contributed by atoms with Gasteiger partial charge in [-0.05, 0) is 42.0 Å². The fourth-order valence-electron chi connectivity index (χ4n) is 3.88. The summed E-state index contributed by atoms with van der Waals surface area (Å²) in [6.45, 7) is 1.81. The fraction of sp³-hybridized carbons (Fsp3) is 0.167. The third-order valence-electron chi connectivity index (χ3n) is 5.52. The zero-order valence-corrected chi connectivity index (χ0v) is 17.1. The number of H-pyrrole nitrogens is 1. The first-order valence-corrected chi connectivity index (χ1v) is 10.2. The van der Waals surface area contributed by atoms with Crippen molar-refractivity contribution in [3.05, 3.63) is 99.9 Å². The molecule has 1 aromatic carbocycles. The highest BCUT2D eigenvalue weighted by Gasteiger charge is 2.22. The monoisotopic (exact) mass is 431 g/mol. The molecular formula is C24H19F2N5O. The topological polar surface area (TPSA) is 74.8 Å². The van der Waals surface area contributed by atoms with Crippen molar-refractivity contribution < 1.29 is 8.78 Å². The van der Waals surface area contributed by atoms with Crippen molar-refractivity contribution in [3.63, 3.8) is 0 Å². The van der Waals surface area contributed by atoms with Crippen molar-refractivity contribution in [1.82, 2.24) is 24.8 Å². The van der Waals surface area contributed by atoms with Gasteiger partial charge in [0.15, 0.2) is 0 Å². The summed E-state index contributed by atoms with van der Waals surface area (Å²) in [7, 11) is 0. The van der Waals surface area contributed by atoms with E-state index in [9.17, 15) is 13.6 Å². The minimum Gasteiger partial charge on any atom is -0.306 e. The SMILES string of the molecule is O=c1[nH]c(-c2cccnc2)nc2c1CN(Cc1ccc(-c3cc(F)ccc3F)nc1)CC2. The van der Waals surface area contributed by atoms with Gasteiger partial charge in [0.25, 0.3) is 5.56 Å². The number of aromatic nitrogens is 4. The van der Waals surface area contributed by atoms with Gasteiger partial charge in [0, 0.05) is 55.8 Å². The summed E-state index contributed by atoms with van der Waals surface area (Å²) >= 11 is 0. The van der Waals surface area contributed by atoms with Gasteiger partial charge in [-0.1, -0.05) is 6.07 Å². The van der Waals surface area contributed by atoms with E-state index in [1.165, 1.54) is 0 Å². The van der Waals surface area contributed by atoms with Crippen LogP contribution in [0.25, 0.3) is 22.6 Å². The Morgan fingerprint density at radius 1 is 1.09 bits per heavy atom. The first-order chi connectivity index (χ1) is 15.6. The van der Waals surface area contributed by atoms with E-state index in [0.717, 1.165) is 41.6 Å². The van der Waals surface area contributed by atoms with Crippen molar-refractivity contribution >= 4 is 0 Å². The number of nitrogens with one attached hydrogen (secondary N) is 1. The lowest BCUT2D eigenvalue weighted by molar-refractivity contribution is 0.241. The molecule has 0 bridgehead atoms. The molecule has 6 nitrogen and oxygen atoms in total. The van der Waals surface area contributed by atoms with Crippen LogP contribution in [0.5, 0.6) is 0 Å². The van der Waals surface area contributed by atoms with Crippen molar-refractivity contribution in [1.29, 1.82) is 0 Å². The van der Waals surface area contributed by atoms with Gasteiger partial charge in [0.2, 0.25) is 0 Å². The van der Waals surface area contributed by atoms with Crippen LogP contribution in [0.2, 0.25) is 0 Å². The molecule has 4 heterocycles. The third kappa shape index (κ3) is 4.04. The predicted molar refractivity (Wildman–Crippen MR) is 115 cm³/mol. The average molecular weight is 431 g/mol. The van der Waals surface area contributed by atoms with Crippen LogP contribution >= 0.6 is 0 Å². The quantitative estimate of drug-likeness (QED) is 0.533. The minimum atomic E-state index is -0.517. The van der Waals surface area contributed by atoms with Crippen LogP contribution in [0.4, 0.5) is 8.78 Å². The van der Waals surface area contributed by atoms with Crippen LogP contribution in [0.3, 0.4) is 0 Å². The van der Waals surface area contributed by atoms with Crippen LogP contribution in [-0.4, -0.2) is 31.4 Å². The van der Waals surface area contributed by atoms with Crippen molar-refractivity contribution in [3.8, 4) is 22.6 Å². The second-order valence-corrected chi connectivity index (χ2v) is 7.72. The highest BCUT2D eigenvalue weighted by atomic mass is 19.1. The smallest absolute Gasteiger partial charge is 0.255 e. The molecule has 3 aromatic heterocycles. The first kappa shape index (κ1) is 20.1. The number of aromatic amines is 1. The average Bonchev–Trinajstić information content (AvgIpc) is 2.82. The lowest BCUT2D eigenvalue weighted by Crippen LogP contribution is -2.35. The van der Waals surface area contributed by atoms with Gasteiger partial charge in [-0.25, -0.2) is 13.8 Å². The molecule has 160 valence electrons. The maximum atomic E-state index is 14.0. The third-order valence-corrected chi connectivity index (χ3v) is 5.52. The number of nitrogens with zero attached hydrogens (tertiary/aromatic N) is 4. The summed E-state index contributed by atoms with van der Waals surface area (Å²) in [5.74, 6) is -0.499. The Kier molecular flexibility index (Phi) is 5.28. The largest absolute Gasteiger partial charge is 0.306 e. The summed E-state index contributed by atoms with van der Waals surface area (Å²) in [5.41, 5.74) is 3.52. The molecule has 0 amide bonds. The second-order valence-electron chi connectivity index (χ2n) is 7.72. The number of benzene rings is 1. The second kappa shape index (κ2) is 8.39. The number of halogens is 2. The Labute approximate surface area is 182 Å². The Hall–Kier alpha value is -3.78. The van der Waals surface area contributed by atoms with Crippen LogP contribution < -0.4 is 5.56 Å². The molecule has 0 saturated heterocycles. The lowest BCUT2D eigenvalue weighted by atomic mass is 10.1. The van der Waals surface area contributed by atoms with Crippen LogP contribution in [0.1, 0.15) is 16.8 Å². The Morgan fingerprint density at radius 3 is 2.78 bits per heavy atom. The van der Waals surface area contributed by atoms with Gasteiger partial charge < -0.3 is 4.98 Å². The zero-order chi connectivity index (χ0) is 22.1. The molecule has 4 aromatic rings. The van der Waals surface area contributed by atoms with E-state index >= 15 is 0 Å². The summed E-state index contributed by atoms with van der Waals surface area (Å²) < 4.78 is 27.4. The molecule has 32 heavy (non-hydrogen) atoms. The van der Waals surface area contributed by atoms with Gasteiger partial charge in [-0.3, -0.25) is 19.7 Å². The fourth-order valence-corrected chi connectivity index (χ4v) is 3.88. The molecule has 0 atom stereocenters. The maximum Gasteiger partial charge on any atom is 0.255 e. The molecule has 1 aliphatic heterocycles. The zero-order valence-electron chi connectivity index (χ0n) is 17.1. The van der Waals surface area contributed by atoms with Gasteiger partial charge in [0.05, 0.1) is 17.0 Å². The standard InChI is InChI=1S/C24H19F2N5O/c25-17-4-5-20(26)18(10-17)21-6-3-15(11-28-21)13-31-9-7-22-19(14-31)24(32)30-23(29-22)16-2-1-8-27-12-16/h1-6,8,10-12H,7,9,13-14H2,(H,29,30,32).